The molecule has 0 bridgehead atoms. The van der Waals surface area contributed by atoms with Crippen LogP contribution < -0.4 is 15.0 Å². The number of rotatable bonds is 6. The number of ether oxygens (including phenoxy) is 1. The molecule has 0 unspecified atom stereocenters. The van der Waals surface area contributed by atoms with E-state index in [-0.39, 0.29) is 5.57 Å². The first-order valence-corrected chi connectivity index (χ1v) is 12.9. The molecule has 4 rings (SSSR count). The first kappa shape index (κ1) is 26.2. The van der Waals surface area contributed by atoms with Crippen molar-refractivity contribution in [1.29, 1.82) is 0 Å². The van der Waals surface area contributed by atoms with Crippen LogP contribution in [-0.4, -0.2) is 24.5 Å². The largest absolute Gasteiger partial charge is 0.494 e. The first-order valence-electron chi connectivity index (χ1n) is 11.1. The number of hydrogen-bond acceptors (Lipinski definition) is 4. The van der Waals surface area contributed by atoms with Gasteiger partial charge >= 0.3 is 6.03 Å². The summed E-state index contributed by atoms with van der Waals surface area (Å²) in [5.74, 6) is -0.880. The summed E-state index contributed by atoms with van der Waals surface area (Å²) in [7, 11) is 0. The number of carbonyl (C=O) groups excluding carboxylic acids is 3. The Balaban J connectivity index is 1.75. The van der Waals surface area contributed by atoms with Crippen LogP contribution in [-0.2, 0) is 16.0 Å². The van der Waals surface area contributed by atoms with Crippen molar-refractivity contribution in [3.05, 3.63) is 96.0 Å². The van der Waals surface area contributed by atoms with Crippen LogP contribution >= 0.6 is 45.8 Å². The van der Waals surface area contributed by atoms with E-state index in [9.17, 15) is 14.4 Å². The Morgan fingerprint density at radius 1 is 1.03 bits per heavy atom. The number of barbiturate groups is 1. The highest BCUT2D eigenvalue weighted by atomic mass is 127. The summed E-state index contributed by atoms with van der Waals surface area (Å²) in [5, 5.41) is 3.31. The summed E-state index contributed by atoms with van der Waals surface area (Å²) in [6.45, 7) is 4.01. The normalized spacial score (nSPS) is 14.9. The van der Waals surface area contributed by atoms with Crippen molar-refractivity contribution < 1.29 is 19.1 Å². The van der Waals surface area contributed by atoms with Gasteiger partial charge in [0.25, 0.3) is 11.8 Å². The molecule has 0 spiro atoms. The van der Waals surface area contributed by atoms with Gasteiger partial charge in [-0.05, 0) is 89.5 Å². The highest BCUT2D eigenvalue weighted by Gasteiger charge is 2.37. The maximum absolute atomic E-state index is 13.3. The molecule has 3 aromatic rings. The van der Waals surface area contributed by atoms with Crippen LogP contribution in [0.3, 0.4) is 0 Å². The second-order valence-corrected chi connectivity index (χ2v) is 10.00. The minimum absolute atomic E-state index is 0.175. The third kappa shape index (κ3) is 5.28. The average molecular weight is 635 g/mol. The van der Waals surface area contributed by atoms with Crippen LogP contribution in [0.2, 0.25) is 10.0 Å². The molecular weight excluding hydrogens is 614 g/mol. The van der Waals surface area contributed by atoms with Crippen LogP contribution in [0.25, 0.3) is 6.08 Å². The quantitative estimate of drug-likeness (QED) is 0.189. The third-order valence-electron chi connectivity index (χ3n) is 5.69. The highest BCUT2D eigenvalue weighted by molar-refractivity contribution is 14.1. The molecule has 36 heavy (non-hydrogen) atoms. The molecule has 1 aliphatic rings. The highest BCUT2D eigenvalue weighted by Crippen LogP contribution is 2.33. The first-order chi connectivity index (χ1) is 17.2. The van der Waals surface area contributed by atoms with Gasteiger partial charge in [0.15, 0.2) is 0 Å². The number of halogens is 3. The van der Waals surface area contributed by atoms with E-state index in [1.165, 1.54) is 6.08 Å². The summed E-state index contributed by atoms with van der Waals surface area (Å²) in [5.41, 5.74) is 3.17. The van der Waals surface area contributed by atoms with Crippen molar-refractivity contribution in [1.82, 2.24) is 5.32 Å². The van der Waals surface area contributed by atoms with E-state index in [1.54, 1.807) is 31.2 Å². The fraction of sp³-hybridized carbons (Fsp3) is 0.148. The van der Waals surface area contributed by atoms with E-state index in [2.05, 4.69) is 27.9 Å². The Morgan fingerprint density at radius 3 is 2.47 bits per heavy atom. The Kier molecular flexibility index (Phi) is 8.02. The smallest absolute Gasteiger partial charge is 0.335 e. The predicted molar refractivity (Wildman–Crippen MR) is 150 cm³/mol. The lowest BCUT2D eigenvalue weighted by Gasteiger charge is -2.27. The van der Waals surface area contributed by atoms with Crippen molar-refractivity contribution >= 4 is 75.4 Å². The summed E-state index contributed by atoms with van der Waals surface area (Å²) in [6.07, 6.45) is 2.01. The third-order valence-corrected chi connectivity index (χ3v) is 7.44. The molecule has 184 valence electrons. The molecule has 6 nitrogen and oxygen atoms in total. The van der Waals surface area contributed by atoms with E-state index in [1.807, 2.05) is 37.3 Å². The van der Waals surface area contributed by atoms with Gasteiger partial charge in [-0.2, -0.15) is 0 Å². The molecule has 0 aromatic heterocycles. The molecule has 4 amide bonds. The molecule has 0 radical (unpaired) electrons. The van der Waals surface area contributed by atoms with Crippen LogP contribution in [0, 0.1) is 10.5 Å². The number of nitrogens with zero attached hydrogens (tertiary/aromatic N) is 1. The number of imide groups is 2. The number of amides is 4. The lowest BCUT2D eigenvalue weighted by Crippen LogP contribution is -2.54. The van der Waals surface area contributed by atoms with Gasteiger partial charge in [0.2, 0.25) is 0 Å². The fourth-order valence-electron chi connectivity index (χ4n) is 3.88. The molecule has 9 heteroatoms. The topological polar surface area (TPSA) is 75.7 Å². The molecule has 0 saturated carbocycles. The minimum Gasteiger partial charge on any atom is -0.494 e. The number of benzene rings is 3. The molecule has 1 N–H and O–H groups in total. The molecule has 1 heterocycles. The van der Waals surface area contributed by atoms with E-state index < -0.39 is 17.8 Å². The van der Waals surface area contributed by atoms with Crippen molar-refractivity contribution in [3.63, 3.8) is 0 Å². The van der Waals surface area contributed by atoms with Gasteiger partial charge in [0.1, 0.15) is 11.3 Å². The standard InChI is InChI=1S/C27H21Cl2IN2O4/c1-3-36-24-13-16(12-22(30)18(24)14-17-7-4-5-8-21(17)29)11-19-25(33)31-27(35)32(26(19)34)23-10-6-9-20(28)15(23)2/h4-13H,3,14H2,1-2H3,(H,31,33,35)/b19-11+. The maximum Gasteiger partial charge on any atom is 0.335 e. The van der Waals surface area contributed by atoms with E-state index in [0.29, 0.717) is 45.6 Å². The van der Waals surface area contributed by atoms with E-state index in [4.69, 9.17) is 27.9 Å². The van der Waals surface area contributed by atoms with E-state index in [0.717, 1.165) is 19.6 Å². The summed E-state index contributed by atoms with van der Waals surface area (Å²) in [4.78, 5) is 39.5. The van der Waals surface area contributed by atoms with Crippen molar-refractivity contribution in [2.75, 3.05) is 11.5 Å². The minimum atomic E-state index is -0.827. The zero-order valence-electron chi connectivity index (χ0n) is 19.4. The number of carbonyl (C=O) groups is 3. The maximum atomic E-state index is 13.3. The van der Waals surface area contributed by atoms with Gasteiger partial charge in [-0.1, -0.05) is 47.5 Å². The second-order valence-electron chi connectivity index (χ2n) is 8.02. The van der Waals surface area contributed by atoms with E-state index >= 15 is 0 Å². The SMILES string of the molecule is CCOc1cc(/C=C2\C(=O)NC(=O)N(c3cccc(Cl)c3C)C2=O)cc(I)c1Cc1ccccc1Cl. The lowest BCUT2D eigenvalue weighted by atomic mass is 10.0. The Morgan fingerprint density at radius 2 is 1.75 bits per heavy atom. The van der Waals surface area contributed by atoms with Crippen LogP contribution in [0.15, 0.2) is 60.2 Å². The predicted octanol–water partition coefficient (Wildman–Crippen LogP) is 6.56. The van der Waals surface area contributed by atoms with Crippen molar-refractivity contribution in [2.24, 2.45) is 0 Å². The molecule has 1 saturated heterocycles. The zero-order chi connectivity index (χ0) is 26.0. The van der Waals surface area contributed by atoms with Crippen LogP contribution in [0.4, 0.5) is 10.5 Å². The fourth-order valence-corrected chi connectivity index (χ4v) is 5.07. The summed E-state index contributed by atoms with van der Waals surface area (Å²) in [6, 6.07) is 15.3. The lowest BCUT2D eigenvalue weighted by molar-refractivity contribution is -0.122. The molecule has 1 aliphatic heterocycles. The molecule has 1 fully saturated rings. The molecular formula is C27H21Cl2IN2O4. The summed E-state index contributed by atoms with van der Waals surface area (Å²) < 4.78 is 6.79. The van der Waals surface area contributed by atoms with Gasteiger partial charge < -0.3 is 4.74 Å². The number of anilines is 1. The average Bonchev–Trinajstić information content (AvgIpc) is 2.83. The number of urea groups is 1. The van der Waals surface area contributed by atoms with Crippen molar-refractivity contribution in [2.45, 2.75) is 20.3 Å². The Hall–Kier alpha value is -2.88. The van der Waals surface area contributed by atoms with Crippen LogP contribution in [0.1, 0.15) is 29.2 Å². The Bertz CT molecular complexity index is 1420. The number of hydrogen-bond donors (Lipinski definition) is 1. The second kappa shape index (κ2) is 11.0. The van der Waals surface area contributed by atoms with Crippen molar-refractivity contribution in [3.8, 4) is 5.75 Å². The molecule has 0 atom stereocenters. The zero-order valence-corrected chi connectivity index (χ0v) is 23.1. The Labute approximate surface area is 232 Å². The monoisotopic (exact) mass is 634 g/mol. The van der Waals surface area contributed by atoms with Gasteiger partial charge in [-0.3, -0.25) is 14.9 Å². The van der Waals surface area contributed by atoms with Gasteiger partial charge in [0.05, 0.1) is 12.3 Å². The van der Waals surface area contributed by atoms with Gasteiger partial charge in [0, 0.05) is 25.6 Å². The molecule has 0 aliphatic carbocycles. The number of nitrogens with one attached hydrogen (secondary N) is 1. The van der Waals surface area contributed by atoms with Gasteiger partial charge in [-0.25, -0.2) is 9.69 Å². The summed E-state index contributed by atoms with van der Waals surface area (Å²) >= 11 is 14.8. The van der Waals surface area contributed by atoms with Gasteiger partial charge in [-0.15, -0.1) is 0 Å². The van der Waals surface area contributed by atoms with Crippen LogP contribution in [0.5, 0.6) is 5.75 Å². The molecule has 3 aromatic carbocycles.